The second-order valence-corrected chi connectivity index (χ2v) is 7.13. The maximum absolute atomic E-state index is 13.2. The van der Waals surface area contributed by atoms with E-state index in [0.717, 1.165) is 17.1 Å². The van der Waals surface area contributed by atoms with E-state index in [2.05, 4.69) is 0 Å². The highest BCUT2D eigenvalue weighted by Crippen LogP contribution is 2.23. The van der Waals surface area contributed by atoms with Gasteiger partial charge in [0.2, 0.25) is 0 Å². The zero-order valence-electron chi connectivity index (χ0n) is 15.1. The van der Waals surface area contributed by atoms with Crippen molar-refractivity contribution in [2.24, 2.45) is 11.1 Å². The van der Waals surface area contributed by atoms with Gasteiger partial charge < -0.3 is 15.2 Å². The summed E-state index contributed by atoms with van der Waals surface area (Å²) in [5.41, 5.74) is 8.92. The van der Waals surface area contributed by atoms with E-state index in [1.807, 2.05) is 38.3 Å². The van der Waals surface area contributed by atoms with Crippen LogP contribution in [-0.4, -0.2) is 35.5 Å². The fraction of sp³-hybridized carbons (Fsp3) is 0.421. The van der Waals surface area contributed by atoms with Gasteiger partial charge in [0.25, 0.3) is 5.91 Å². The van der Waals surface area contributed by atoms with E-state index in [-0.39, 0.29) is 17.1 Å². The Bertz CT molecular complexity index is 732. The Morgan fingerprint density at radius 3 is 2.38 bits per heavy atom. The number of benzene rings is 1. The van der Waals surface area contributed by atoms with E-state index < -0.39 is 0 Å². The summed E-state index contributed by atoms with van der Waals surface area (Å²) < 4.78 is 15.1. The van der Waals surface area contributed by atoms with Crippen LogP contribution in [0, 0.1) is 25.1 Å². The molecule has 0 atom stereocenters. The average Bonchev–Trinajstić information content (AvgIpc) is 2.82. The summed E-state index contributed by atoms with van der Waals surface area (Å²) in [5.74, 6) is -0.306. The van der Waals surface area contributed by atoms with Gasteiger partial charge in [0.1, 0.15) is 5.82 Å². The van der Waals surface area contributed by atoms with Crippen LogP contribution in [0.4, 0.5) is 4.39 Å². The second-order valence-electron chi connectivity index (χ2n) is 7.13. The number of amides is 1. The number of carbonyl (C=O) groups is 1. The molecule has 1 aromatic carbocycles. The number of halogens is 1. The molecule has 0 spiro atoms. The van der Waals surface area contributed by atoms with E-state index in [1.54, 1.807) is 24.1 Å². The van der Waals surface area contributed by atoms with Crippen molar-refractivity contribution in [1.82, 2.24) is 9.47 Å². The van der Waals surface area contributed by atoms with Crippen LogP contribution in [0.15, 0.2) is 30.3 Å². The highest BCUT2D eigenvalue weighted by atomic mass is 19.1. The molecule has 1 aromatic heterocycles. The third-order valence-electron chi connectivity index (χ3n) is 4.31. The van der Waals surface area contributed by atoms with E-state index in [1.165, 1.54) is 12.1 Å². The molecule has 0 radical (unpaired) electrons. The topological polar surface area (TPSA) is 51.3 Å². The van der Waals surface area contributed by atoms with E-state index >= 15 is 0 Å². The van der Waals surface area contributed by atoms with Gasteiger partial charge in [-0.3, -0.25) is 4.79 Å². The lowest BCUT2D eigenvalue weighted by Crippen LogP contribution is -2.39. The largest absolute Gasteiger partial charge is 0.341 e. The van der Waals surface area contributed by atoms with Crippen molar-refractivity contribution in [1.29, 1.82) is 0 Å². The van der Waals surface area contributed by atoms with Crippen molar-refractivity contribution in [3.8, 4) is 5.69 Å². The molecule has 0 aliphatic heterocycles. The van der Waals surface area contributed by atoms with Crippen molar-refractivity contribution in [2.75, 3.05) is 20.1 Å². The van der Waals surface area contributed by atoms with Crippen LogP contribution in [0.5, 0.6) is 0 Å². The van der Waals surface area contributed by atoms with Crippen molar-refractivity contribution in [3.63, 3.8) is 0 Å². The maximum Gasteiger partial charge on any atom is 0.255 e. The minimum Gasteiger partial charge on any atom is -0.341 e. The number of rotatable bonds is 5. The van der Waals surface area contributed by atoms with Crippen molar-refractivity contribution < 1.29 is 9.18 Å². The lowest BCUT2D eigenvalue weighted by molar-refractivity contribution is 0.0740. The molecule has 0 bridgehead atoms. The minimum atomic E-state index is -0.277. The molecule has 0 aliphatic carbocycles. The van der Waals surface area contributed by atoms with Gasteiger partial charge >= 0.3 is 0 Å². The second kappa shape index (κ2) is 6.77. The van der Waals surface area contributed by atoms with Crippen LogP contribution in [0.25, 0.3) is 5.69 Å². The number of nitrogens with zero attached hydrogens (tertiary/aromatic N) is 2. The van der Waals surface area contributed by atoms with Crippen LogP contribution < -0.4 is 5.73 Å². The molecule has 2 rings (SSSR count). The molecular formula is C19H26FN3O. The fourth-order valence-electron chi connectivity index (χ4n) is 2.95. The SMILES string of the molecule is Cc1cc(C(=O)N(C)CC(C)(C)CN)c(C)n1-c1ccc(F)cc1. The van der Waals surface area contributed by atoms with Crippen molar-refractivity contribution in [3.05, 3.63) is 53.1 Å². The summed E-state index contributed by atoms with van der Waals surface area (Å²) >= 11 is 0. The summed E-state index contributed by atoms with van der Waals surface area (Å²) in [4.78, 5) is 14.5. The van der Waals surface area contributed by atoms with E-state index in [9.17, 15) is 9.18 Å². The summed E-state index contributed by atoms with van der Waals surface area (Å²) in [6.45, 7) is 9.03. The molecule has 1 heterocycles. The molecule has 0 aliphatic rings. The van der Waals surface area contributed by atoms with Crippen LogP contribution >= 0.6 is 0 Å². The fourth-order valence-corrected chi connectivity index (χ4v) is 2.95. The first-order valence-electron chi connectivity index (χ1n) is 8.07. The van der Waals surface area contributed by atoms with E-state index in [0.29, 0.717) is 18.7 Å². The highest BCUT2D eigenvalue weighted by Gasteiger charge is 2.24. The summed E-state index contributed by atoms with van der Waals surface area (Å²) in [7, 11) is 1.80. The monoisotopic (exact) mass is 331 g/mol. The first kappa shape index (κ1) is 18.2. The predicted octanol–water partition coefficient (Wildman–Crippen LogP) is 3.29. The molecule has 4 nitrogen and oxygen atoms in total. The zero-order chi connectivity index (χ0) is 18.1. The number of hydrogen-bond acceptors (Lipinski definition) is 2. The van der Waals surface area contributed by atoms with Crippen molar-refractivity contribution >= 4 is 5.91 Å². The number of nitrogens with two attached hydrogens (primary N) is 1. The van der Waals surface area contributed by atoms with Gasteiger partial charge in [-0.25, -0.2) is 4.39 Å². The molecular weight excluding hydrogens is 305 g/mol. The van der Waals surface area contributed by atoms with Crippen molar-refractivity contribution in [2.45, 2.75) is 27.7 Å². The zero-order valence-corrected chi connectivity index (χ0v) is 15.1. The Labute approximate surface area is 143 Å². The predicted molar refractivity (Wildman–Crippen MR) is 95.0 cm³/mol. The lowest BCUT2D eigenvalue weighted by atomic mass is 9.93. The third kappa shape index (κ3) is 3.67. The third-order valence-corrected chi connectivity index (χ3v) is 4.31. The normalized spacial score (nSPS) is 11.6. The summed E-state index contributed by atoms with van der Waals surface area (Å²) in [5, 5.41) is 0. The quantitative estimate of drug-likeness (QED) is 0.914. The van der Waals surface area contributed by atoms with Crippen LogP contribution in [0.2, 0.25) is 0 Å². The Morgan fingerprint density at radius 1 is 1.25 bits per heavy atom. The average molecular weight is 331 g/mol. The van der Waals surface area contributed by atoms with Gasteiger partial charge in [-0.05, 0) is 56.1 Å². The Kier molecular flexibility index (Phi) is 5.13. The molecule has 2 N–H and O–H groups in total. The first-order chi connectivity index (χ1) is 11.2. The molecule has 0 unspecified atom stereocenters. The Hall–Kier alpha value is -2.14. The van der Waals surface area contributed by atoms with Gasteiger partial charge in [0, 0.05) is 30.7 Å². The van der Waals surface area contributed by atoms with Crippen LogP contribution in [-0.2, 0) is 0 Å². The summed E-state index contributed by atoms with van der Waals surface area (Å²) in [6.07, 6.45) is 0. The van der Waals surface area contributed by atoms with Gasteiger partial charge in [0.05, 0.1) is 5.56 Å². The first-order valence-corrected chi connectivity index (χ1v) is 8.07. The molecule has 0 fully saturated rings. The maximum atomic E-state index is 13.2. The highest BCUT2D eigenvalue weighted by molar-refractivity contribution is 5.95. The van der Waals surface area contributed by atoms with Gasteiger partial charge in [0.15, 0.2) is 0 Å². The van der Waals surface area contributed by atoms with Crippen LogP contribution in [0.1, 0.15) is 35.6 Å². The van der Waals surface area contributed by atoms with Gasteiger partial charge in [-0.2, -0.15) is 0 Å². The van der Waals surface area contributed by atoms with Gasteiger partial charge in [-0.1, -0.05) is 13.8 Å². The smallest absolute Gasteiger partial charge is 0.255 e. The number of hydrogen-bond donors (Lipinski definition) is 1. The summed E-state index contributed by atoms with van der Waals surface area (Å²) in [6, 6.07) is 8.15. The number of aryl methyl sites for hydroxylation is 1. The Morgan fingerprint density at radius 2 is 1.83 bits per heavy atom. The lowest BCUT2D eigenvalue weighted by Gasteiger charge is -2.29. The molecule has 2 aromatic rings. The molecule has 24 heavy (non-hydrogen) atoms. The Balaban J connectivity index is 2.34. The van der Waals surface area contributed by atoms with Crippen LogP contribution in [0.3, 0.4) is 0 Å². The molecule has 5 heteroatoms. The van der Waals surface area contributed by atoms with Gasteiger partial charge in [-0.15, -0.1) is 0 Å². The molecule has 0 saturated heterocycles. The molecule has 0 saturated carbocycles. The molecule has 1 amide bonds. The standard InChI is InChI=1S/C19H26FN3O/c1-13-10-17(18(24)22(5)12-19(3,4)11-21)14(2)23(13)16-8-6-15(20)7-9-16/h6-10H,11-12,21H2,1-5H3. The molecule has 130 valence electrons. The minimum absolute atomic E-state index is 0.0296. The van der Waals surface area contributed by atoms with E-state index in [4.69, 9.17) is 5.73 Å². The number of aromatic nitrogens is 1. The number of carbonyl (C=O) groups excluding carboxylic acids is 1.